The number of benzene rings is 1. The molecule has 2 rings (SSSR count). The standard InChI is InChI=1S/C12H17NO/c1-10-8-14-9-11(2)13(10)12-6-4-3-5-7-12/h3-7,10-11H,8-9H2,1-2H3. The highest BCUT2D eigenvalue weighted by atomic mass is 16.5. The van der Waals surface area contributed by atoms with E-state index >= 15 is 0 Å². The van der Waals surface area contributed by atoms with Crippen molar-refractivity contribution in [2.45, 2.75) is 25.9 Å². The van der Waals surface area contributed by atoms with Gasteiger partial charge in [0.15, 0.2) is 0 Å². The van der Waals surface area contributed by atoms with E-state index in [-0.39, 0.29) is 0 Å². The van der Waals surface area contributed by atoms with Crippen molar-refractivity contribution in [1.82, 2.24) is 0 Å². The minimum atomic E-state index is 0.473. The molecule has 0 saturated carbocycles. The number of hydrogen-bond donors (Lipinski definition) is 0. The van der Waals surface area contributed by atoms with E-state index in [0.29, 0.717) is 12.1 Å². The Morgan fingerprint density at radius 3 is 2.21 bits per heavy atom. The van der Waals surface area contributed by atoms with Crippen LogP contribution in [-0.4, -0.2) is 25.3 Å². The van der Waals surface area contributed by atoms with E-state index in [1.54, 1.807) is 0 Å². The molecule has 1 aliphatic rings. The third-order valence-electron chi connectivity index (χ3n) is 2.72. The summed E-state index contributed by atoms with van der Waals surface area (Å²) in [5, 5.41) is 0. The first-order valence-electron chi connectivity index (χ1n) is 5.20. The van der Waals surface area contributed by atoms with Crippen LogP contribution < -0.4 is 4.90 Å². The Morgan fingerprint density at radius 2 is 1.64 bits per heavy atom. The number of ether oxygens (including phenoxy) is 1. The molecule has 1 fully saturated rings. The summed E-state index contributed by atoms with van der Waals surface area (Å²) in [6.45, 7) is 6.09. The van der Waals surface area contributed by atoms with Gasteiger partial charge in [-0.1, -0.05) is 18.2 Å². The average molecular weight is 191 g/mol. The maximum absolute atomic E-state index is 5.50. The topological polar surface area (TPSA) is 12.5 Å². The van der Waals surface area contributed by atoms with E-state index < -0.39 is 0 Å². The summed E-state index contributed by atoms with van der Waals surface area (Å²) in [5.74, 6) is 0. The van der Waals surface area contributed by atoms with Crippen molar-refractivity contribution in [2.75, 3.05) is 18.1 Å². The van der Waals surface area contributed by atoms with Crippen LogP contribution in [0.2, 0.25) is 0 Å². The minimum Gasteiger partial charge on any atom is -0.377 e. The molecule has 2 unspecified atom stereocenters. The van der Waals surface area contributed by atoms with Crippen LogP contribution >= 0.6 is 0 Å². The monoisotopic (exact) mass is 191 g/mol. The molecule has 0 aromatic heterocycles. The van der Waals surface area contributed by atoms with Crippen molar-refractivity contribution in [2.24, 2.45) is 0 Å². The quantitative estimate of drug-likeness (QED) is 0.675. The van der Waals surface area contributed by atoms with E-state index in [9.17, 15) is 0 Å². The van der Waals surface area contributed by atoms with Crippen LogP contribution in [0.15, 0.2) is 30.3 Å². The van der Waals surface area contributed by atoms with E-state index in [0.717, 1.165) is 13.2 Å². The van der Waals surface area contributed by atoms with Gasteiger partial charge in [-0.05, 0) is 26.0 Å². The van der Waals surface area contributed by atoms with E-state index in [4.69, 9.17) is 4.74 Å². The SMILES string of the molecule is CC1COCC(C)N1c1ccccc1. The summed E-state index contributed by atoms with van der Waals surface area (Å²) in [5.41, 5.74) is 1.30. The Morgan fingerprint density at radius 1 is 1.07 bits per heavy atom. The van der Waals surface area contributed by atoms with Crippen molar-refractivity contribution in [3.63, 3.8) is 0 Å². The molecule has 2 heteroatoms. The van der Waals surface area contributed by atoms with Crippen molar-refractivity contribution < 1.29 is 4.74 Å². The average Bonchev–Trinajstić information content (AvgIpc) is 2.19. The molecule has 2 nitrogen and oxygen atoms in total. The summed E-state index contributed by atoms with van der Waals surface area (Å²) in [6.07, 6.45) is 0. The van der Waals surface area contributed by atoms with Gasteiger partial charge in [-0.15, -0.1) is 0 Å². The highest BCUT2D eigenvalue weighted by molar-refractivity contribution is 5.48. The second-order valence-electron chi connectivity index (χ2n) is 3.98. The number of rotatable bonds is 1. The lowest BCUT2D eigenvalue weighted by Crippen LogP contribution is -2.49. The summed E-state index contributed by atoms with van der Waals surface area (Å²) in [7, 11) is 0. The van der Waals surface area contributed by atoms with E-state index in [1.807, 2.05) is 0 Å². The molecule has 0 bridgehead atoms. The van der Waals surface area contributed by atoms with Crippen molar-refractivity contribution >= 4 is 5.69 Å². The predicted octanol–water partition coefficient (Wildman–Crippen LogP) is 2.30. The van der Waals surface area contributed by atoms with Crippen LogP contribution in [0.25, 0.3) is 0 Å². The van der Waals surface area contributed by atoms with Crippen LogP contribution in [0.5, 0.6) is 0 Å². The third-order valence-corrected chi connectivity index (χ3v) is 2.72. The van der Waals surface area contributed by atoms with Gasteiger partial charge >= 0.3 is 0 Å². The van der Waals surface area contributed by atoms with Crippen LogP contribution in [-0.2, 0) is 4.74 Å². The molecule has 0 N–H and O–H groups in total. The summed E-state index contributed by atoms with van der Waals surface area (Å²) < 4.78 is 5.50. The third kappa shape index (κ3) is 1.75. The number of hydrogen-bond acceptors (Lipinski definition) is 2. The van der Waals surface area contributed by atoms with Gasteiger partial charge in [0.2, 0.25) is 0 Å². The fourth-order valence-corrected chi connectivity index (χ4v) is 2.11. The number of morpholine rings is 1. The molecule has 1 aromatic rings. The van der Waals surface area contributed by atoms with Gasteiger partial charge in [-0.25, -0.2) is 0 Å². The molecular weight excluding hydrogens is 174 g/mol. The number of nitrogens with zero attached hydrogens (tertiary/aromatic N) is 1. The van der Waals surface area contributed by atoms with E-state index in [2.05, 4.69) is 49.1 Å². The molecule has 76 valence electrons. The molecule has 0 radical (unpaired) electrons. The predicted molar refractivity (Wildman–Crippen MR) is 58.7 cm³/mol. The normalized spacial score (nSPS) is 27.7. The molecule has 2 atom stereocenters. The van der Waals surface area contributed by atoms with Gasteiger partial charge in [-0.3, -0.25) is 0 Å². The molecule has 14 heavy (non-hydrogen) atoms. The van der Waals surface area contributed by atoms with Gasteiger partial charge < -0.3 is 9.64 Å². The molecule has 1 saturated heterocycles. The lowest BCUT2D eigenvalue weighted by molar-refractivity contribution is 0.0757. The summed E-state index contributed by atoms with van der Waals surface area (Å²) >= 11 is 0. The fourth-order valence-electron chi connectivity index (χ4n) is 2.11. The molecule has 1 heterocycles. The highest BCUT2D eigenvalue weighted by Crippen LogP contribution is 2.22. The van der Waals surface area contributed by atoms with Crippen LogP contribution in [0.1, 0.15) is 13.8 Å². The van der Waals surface area contributed by atoms with Gasteiger partial charge in [0.05, 0.1) is 13.2 Å². The number of para-hydroxylation sites is 1. The largest absolute Gasteiger partial charge is 0.377 e. The van der Waals surface area contributed by atoms with Gasteiger partial charge in [-0.2, -0.15) is 0 Å². The second kappa shape index (κ2) is 4.01. The Balaban J connectivity index is 2.23. The lowest BCUT2D eigenvalue weighted by Gasteiger charge is -2.40. The summed E-state index contributed by atoms with van der Waals surface area (Å²) in [4.78, 5) is 2.43. The van der Waals surface area contributed by atoms with Crippen molar-refractivity contribution in [3.05, 3.63) is 30.3 Å². The molecule has 1 aromatic carbocycles. The Bertz CT molecular complexity index is 276. The Kier molecular flexibility index (Phi) is 2.73. The lowest BCUT2D eigenvalue weighted by atomic mass is 10.1. The van der Waals surface area contributed by atoms with Crippen LogP contribution in [0.3, 0.4) is 0 Å². The first-order chi connectivity index (χ1) is 6.79. The second-order valence-corrected chi connectivity index (χ2v) is 3.98. The first kappa shape index (κ1) is 9.53. The van der Waals surface area contributed by atoms with Crippen LogP contribution in [0, 0.1) is 0 Å². The molecule has 0 aliphatic carbocycles. The maximum Gasteiger partial charge on any atom is 0.0668 e. The fraction of sp³-hybridized carbons (Fsp3) is 0.500. The van der Waals surface area contributed by atoms with Crippen molar-refractivity contribution in [1.29, 1.82) is 0 Å². The van der Waals surface area contributed by atoms with Crippen LogP contribution in [0.4, 0.5) is 5.69 Å². The van der Waals surface area contributed by atoms with E-state index in [1.165, 1.54) is 5.69 Å². The minimum absolute atomic E-state index is 0.473. The zero-order chi connectivity index (χ0) is 9.97. The zero-order valence-electron chi connectivity index (χ0n) is 8.81. The molecule has 0 amide bonds. The molecule has 1 aliphatic heterocycles. The Labute approximate surface area is 85.5 Å². The zero-order valence-corrected chi connectivity index (χ0v) is 8.81. The Hall–Kier alpha value is -1.02. The maximum atomic E-state index is 5.50. The molecular formula is C12H17NO. The van der Waals surface area contributed by atoms with Gasteiger partial charge in [0, 0.05) is 17.8 Å². The number of anilines is 1. The van der Waals surface area contributed by atoms with Gasteiger partial charge in [0.25, 0.3) is 0 Å². The highest BCUT2D eigenvalue weighted by Gasteiger charge is 2.24. The van der Waals surface area contributed by atoms with Gasteiger partial charge in [0.1, 0.15) is 0 Å². The molecule has 0 spiro atoms. The summed E-state index contributed by atoms with van der Waals surface area (Å²) in [6, 6.07) is 11.5. The first-order valence-corrected chi connectivity index (χ1v) is 5.20. The van der Waals surface area contributed by atoms with Crippen molar-refractivity contribution in [3.8, 4) is 0 Å². The smallest absolute Gasteiger partial charge is 0.0668 e.